The number of fused-ring (bicyclic) bond motifs is 2. The molecular formula is C28H40O6. The lowest BCUT2D eigenvalue weighted by molar-refractivity contribution is -0.164. The summed E-state index contributed by atoms with van der Waals surface area (Å²) in [5.41, 5.74) is 2.19. The molecule has 1 aliphatic rings. The molecule has 0 saturated carbocycles. The fourth-order valence-electron chi connectivity index (χ4n) is 4.55. The number of carbonyl (C=O) groups excluding carboxylic acids is 1. The van der Waals surface area contributed by atoms with Crippen LogP contribution in [0.15, 0.2) is 35.9 Å². The van der Waals surface area contributed by atoms with Crippen molar-refractivity contribution in [3.63, 3.8) is 0 Å². The number of esters is 1. The first kappa shape index (κ1) is 28.1. The van der Waals surface area contributed by atoms with E-state index in [0.29, 0.717) is 12.8 Å². The van der Waals surface area contributed by atoms with E-state index in [0.717, 1.165) is 23.1 Å². The predicted octanol–water partition coefficient (Wildman–Crippen LogP) is 3.16. The molecule has 0 aromatic heterocycles. The first-order valence-electron chi connectivity index (χ1n) is 12.0. The number of methoxy groups -OCH3 is 1. The molecule has 2 bridgehead atoms. The summed E-state index contributed by atoms with van der Waals surface area (Å²) in [5.74, 6) is 1.59. The zero-order valence-electron chi connectivity index (χ0n) is 21.0. The van der Waals surface area contributed by atoms with Gasteiger partial charge >= 0.3 is 5.97 Å². The molecule has 3 N–H and O–H groups in total. The molecule has 1 aliphatic heterocycles. The SMILES string of the molecule is C#C[C@@H]1CC(/C(C)=C\[C@@H](CC)CO)OC(=O)[C@@H](O)[C@H](O)Cc2cccc(c2)C(C)(C)[C@@H](OC)C1. The van der Waals surface area contributed by atoms with Gasteiger partial charge in [0.15, 0.2) is 6.10 Å². The summed E-state index contributed by atoms with van der Waals surface area (Å²) >= 11 is 0. The fourth-order valence-corrected chi connectivity index (χ4v) is 4.55. The van der Waals surface area contributed by atoms with Crippen LogP contribution in [0.25, 0.3) is 0 Å². The zero-order chi connectivity index (χ0) is 25.5. The Balaban J connectivity index is 2.52. The fraction of sp³-hybridized carbons (Fsp3) is 0.607. The van der Waals surface area contributed by atoms with Crippen LogP contribution in [-0.4, -0.2) is 59.4 Å². The van der Waals surface area contributed by atoms with E-state index in [-0.39, 0.29) is 36.4 Å². The largest absolute Gasteiger partial charge is 0.456 e. The molecule has 6 heteroatoms. The summed E-state index contributed by atoms with van der Waals surface area (Å²) in [4.78, 5) is 12.8. The maximum Gasteiger partial charge on any atom is 0.338 e. The molecule has 0 aliphatic carbocycles. The molecular weight excluding hydrogens is 432 g/mol. The van der Waals surface area contributed by atoms with Crippen LogP contribution in [-0.2, 0) is 26.1 Å². The zero-order valence-corrected chi connectivity index (χ0v) is 21.0. The minimum absolute atomic E-state index is 0.0217. The monoisotopic (exact) mass is 472 g/mol. The second-order valence-electron chi connectivity index (χ2n) is 9.88. The third-order valence-electron chi connectivity index (χ3n) is 7.07. The predicted molar refractivity (Wildman–Crippen MR) is 132 cm³/mol. The smallest absolute Gasteiger partial charge is 0.338 e. The van der Waals surface area contributed by atoms with Crippen molar-refractivity contribution in [2.45, 2.75) is 83.2 Å². The van der Waals surface area contributed by atoms with Crippen LogP contribution in [0.4, 0.5) is 0 Å². The maximum absolute atomic E-state index is 12.8. The van der Waals surface area contributed by atoms with Crippen molar-refractivity contribution in [3.8, 4) is 12.3 Å². The average Bonchev–Trinajstić information content (AvgIpc) is 2.82. The second kappa shape index (κ2) is 12.5. The highest BCUT2D eigenvalue weighted by Gasteiger charge is 2.36. The summed E-state index contributed by atoms with van der Waals surface area (Å²) in [6.07, 6.45) is 5.61. The number of terminal acetylenes is 1. The first-order chi connectivity index (χ1) is 16.1. The van der Waals surface area contributed by atoms with Gasteiger partial charge in [0.1, 0.15) is 6.10 Å². The molecule has 188 valence electrons. The highest BCUT2D eigenvalue weighted by molar-refractivity contribution is 5.75. The van der Waals surface area contributed by atoms with Gasteiger partial charge < -0.3 is 24.8 Å². The Morgan fingerprint density at radius 3 is 2.65 bits per heavy atom. The van der Waals surface area contributed by atoms with Crippen LogP contribution in [0.3, 0.4) is 0 Å². The number of aliphatic hydroxyl groups excluding tert-OH is 3. The highest BCUT2D eigenvalue weighted by atomic mass is 16.6. The summed E-state index contributed by atoms with van der Waals surface area (Å²) in [6, 6.07) is 7.74. The molecule has 2 rings (SSSR count). The Bertz CT molecular complexity index is 879. The Morgan fingerprint density at radius 1 is 1.35 bits per heavy atom. The second-order valence-corrected chi connectivity index (χ2v) is 9.88. The van der Waals surface area contributed by atoms with Crippen LogP contribution in [0.1, 0.15) is 58.1 Å². The van der Waals surface area contributed by atoms with E-state index in [1.807, 2.05) is 44.2 Å². The number of benzene rings is 1. The van der Waals surface area contributed by atoms with Gasteiger partial charge in [0.25, 0.3) is 0 Å². The molecule has 0 amide bonds. The number of hydrogen-bond donors (Lipinski definition) is 3. The van der Waals surface area contributed by atoms with E-state index in [1.165, 1.54) is 0 Å². The topological polar surface area (TPSA) is 96.2 Å². The summed E-state index contributed by atoms with van der Waals surface area (Å²) in [6.45, 7) is 7.97. The number of cyclic esters (lactones) is 1. The van der Waals surface area contributed by atoms with Gasteiger partial charge in [0, 0.05) is 43.8 Å². The third-order valence-corrected chi connectivity index (χ3v) is 7.07. The molecule has 6 nitrogen and oxygen atoms in total. The standard InChI is InChI=1S/C28H40O6/c1-7-19-15-24(18(3)12-20(8-2)17-29)34-27(32)26(31)23(30)14-21-10-9-11-22(13-21)28(4,5)25(16-19)33-6/h1,9-13,19-20,23-26,29-31H,8,14-17H2,2-6H3/b18-12-/t19-,20-,23-,24?,25+,26+/m1/s1. The Morgan fingerprint density at radius 2 is 2.06 bits per heavy atom. The lowest BCUT2D eigenvalue weighted by Crippen LogP contribution is -2.41. The van der Waals surface area contributed by atoms with E-state index in [4.69, 9.17) is 15.9 Å². The van der Waals surface area contributed by atoms with Gasteiger partial charge in [-0.15, -0.1) is 12.3 Å². The van der Waals surface area contributed by atoms with Crippen LogP contribution in [0, 0.1) is 24.2 Å². The van der Waals surface area contributed by atoms with E-state index in [1.54, 1.807) is 7.11 Å². The Labute approximate surface area is 204 Å². The molecule has 0 saturated heterocycles. The van der Waals surface area contributed by atoms with Crippen molar-refractivity contribution in [3.05, 3.63) is 47.0 Å². The minimum atomic E-state index is -1.69. The van der Waals surface area contributed by atoms with Crippen LogP contribution < -0.4 is 0 Å². The third kappa shape index (κ3) is 6.93. The number of hydrogen-bond acceptors (Lipinski definition) is 6. The number of carbonyl (C=O) groups is 1. The van der Waals surface area contributed by atoms with Gasteiger partial charge in [-0.3, -0.25) is 0 Å². The molecule has 34 heavy (non-hydrogen) atoms. The van der Waals surface area contributed by atoms with Gasteiger partial charge in [-0.2, -0.15) is 0 Å². The van der Waals surface area contributed by atoms with Crippen LogP contribution >= 0.6 is 0 Å². The quantitative estimate of drug-likeness (QED) is 0.346. The molecule has 1 aromatic carbocycles. The lowest BCUT2D eigenvalue weighted by Gasteiger charge is -2.36. The molecule has 1 aromatic rings. The molecule has 0 radical (unpaired) electrons. The summed E-state index contributed by atoms with van der Waals surface area (Å²) < 4.78 is 11.6. The van der Waals surface area contributed by atoms with Crippen molar-refractivity contribution < 1.29 is 29.6 Å². The maximum atomic E-state index is 12.8. The Hall–Kier alpha value is -2.17. The first-order valence-corrected chi connectivity index (χ1v) is 12.0. The van der Waals surface area contributed by atoms with Gasteiger partial charge in [0.2, 0.25) is 0 Å². The normalized spacial score (nSPS) is 29.4. The molecule has 1 unspecified atom stereocenters. The molecule has 0 spiro atoms. The number of ether oxygens (including phenoxy) is 2. The van der Waals surface area contributed by atoms with Gasteiger partial charge in [-0.1, -0.05) is 51.1 Å². The van der Waals surface area contributed by atoms with Crippen molar-refractivity contribution in [2.75, 3.05) is 13.7 Å². The van der Waals surface area contributed by atoms with E-state index < -0.39 is 24.3 Å². The van der Waals surface area contributed by atoms with E-state index in [9.17, 15) is 20.1 Å². The van der Waals surface area contributed by atoms with E-state index in [2.05, 4.69) is 19.8 Å². The van der Waals surface area contributed by atoms with Crippen molar-refractivity contribution in [2.24, 2.45) is 11.8 Å². The van der Waals surface area contributed by atoms with E-state index >= 15 is 0 Å². The van der Waals surface area contributed by atoms with Crippen LogP contribution in [0.2, 0.25) is 0 Å². The van der Waals surface area contributed by atoms with Crippen molar-refractivity contribution in [1.29, 1.82) is 0 Å². The average molecular weight is 473 g/mol. The van der Waals surface area contributed by atoms with Crippen LogP contribution in [0.5, 0.6) is 0 Å². The summed E-state index contributed by atoms with van der Waals surface area (Å²) in [5, 5.41) is 30.7. The number of rotatable bonds is 5. The van der Waals surface area contributed by atoms with Gasteiger partial charge in [-0.25, -0.2) is 4.79 Å². The molecule has 1 heterocycles. The summed E-state index contributed by atoms with van der Waals surface area (Å²) in [7, 11) is 1.67. The minimum Gasteiger partial charge on any atom is -0.456 e. The highest BCUT2D eigenvalue weighted by Crippen LogP contribution is 2.35. The van der Waals surface area contributed by atoms with Crippen molar-refractivity contribution >= 4 is 5.97 Å². The van der Waals surface area contributed by atoms with Gasteiger partial charge in [-0.05, 0) is 36.5 Å². The molecule has 6 atom stereocenters. The van der Waals surface area contributed by atoms with Gasteiger partial charge in [0.05, 0.1) is 12.2 Å². The van der Waals surface area contributed by atoms with Crippen molar-refractivity contribution in [1.82, 2.24) is 0 Å². The lowest BCUT2D eigenvalue weighted by atomic mass is 9.74. The number of aliphatic hydroxyl groups is 3. The Kier molecular flexibility index (Phi) is 10.3. The molecule has 0 fully saturated rings.